The fourth-order valence-corrected chi connectivity index (χ4v) is 2.14. The van der Waals surface area contributed by atoms with E-state index in [4.69, 9.17) is 4.74 Å². The number of benzene rings is 1. The lowest BCUT2D eigenvalue weighted by Crippen LogP contribution is -2.23. The Balaban J connectivity index is 2.05. The number of aromatic nitrogens is 2. The molecule has 0 aliphatic rings. The van der Waals surface area contributed by atoms with Gasteiger partial charge in [0.15, 0.2) is 0 Å². The van der Waals surface area contributed by atoms with Gasteiger partial charge in [0.05, 0.1) is 13.2 Å². The number of methoxy groups -OCH3 is 1. The normalized spacial score (nSPS) is 12.4. The monoisotopic (exact) mass is 323 g/mol. The highest BCUT2D eigenvalue weighted by atomic mass is 79.9. The molecule has 0 saturated carbocycles. The van der Waals surface area contributed by atoms with Gasteiger partial charge in [-0.2, -0.15) is 0 Å². The largest absolute Gasteiger partial charge is 0.383 e. The summed E-state index contributed by atoms with van der Waals surface area (Å²) in [6, 6.07) is 8.54. The zero-order valence-electron chi connectivity index (χ0n) is 11.1. The molecule has 2 aromatic rings. The fraction of sp³-hybridized carbons (Fsp3) is 0.357. The van der Waals surface area contributed by atoms with Crippen molar-refractivity contribution in [1.82, 2.24) is 9.55 Å². The lowest BCUT2D eigenvalue weighted by Gasteiger charge is -2.15. The van der Waals surface area contributed by atoms with Crippen molar-refractivity contribution in [3.8, 4) is 0 Å². The standard InChI is InChI=1S/C14H18BrN3O/c1-11(10-19-2)17-14-16-7-8-18(14)9-12-3-5-13(15)6-4-12/h3-8,11H,9-10H2,1-2H3,(H,16,17). The predicted octanol–water partition coefficient (Wildman–Crippen LogP) is 3.14. The fourth-order valence-electron chi connectivity index (χ4n) is 1.88. The molecule has 2 rings (SSSR count). The van der Waals surface area contributed by atoms with Crippen LogP contribution >= 0.6 is 15.9 Å². The van der Waals surface area contributed by atoms with Crippen LogP contribution in [0.4, 0.5) is 5.95 Å². The Hall–Kier alpha value is -1.33. The Morgan fingerprint density at radius 3 is 2.79 bits per heavy atom. The molecule has 1 atom stereocenters. The van der Waals surface area contributed by atoms with E-state index in [1.165, 1.54) is 5.56 Å². The molecule has 0 bridgehead atoms. The van der Waals surface area contributed by atoms with Crippen LogP contribution < -0.4 is 5.32 Å². The Morgan fingerprint density at radius 2 is 2.11 bits per heavy atom. The molecule has 0 spiro atoms. The molecular formula is C14H18BrN3O. The van der Waals surface area contributed by atoms with E-state index in [0.29, 0.717) is 6.61 Å². The zero-order chi connectivity index (χ0) is 13.7. The third-order valence-corrected chi connectivity index (χ3v) is 3.30. The van der Waals surface area contributed by atoms with E-state index in [1.807, 2.05) is 18.3 Å². The molecule has 0 saturated heterocycles. The van der Waals surface area contributed by atoms with Crippen LogP contribution in [0.2, 0.25) is 0 Å². The molecular weight excluding hydrogens is 306 g/mol. The summed E-state index contributed by atoms with van der Waals surface area (Å²) in [5.74, 6) is 0.868. The summed E-state index contributed by atoms with van der Waals surface area (Å²) < 4.78 is 8.30. The van der Waals surface area contributed by atoms with E-state index < -0.39 is 0 Å². The molecule has 1 N–H and O–H groups in total. The number of hydrogen-bond acceptors (Lipinski definition) is 3. The van der Waals surface area contributed by atoms with E-state index in [9.17, 15) is 0 Å². The summed E-state index contributed by atoms with van der Waals surface area (Å²) in [4.78, 5) is 4.34. The third kappa shape index (κ3) is 4.08. The van der Waals surface area contributed by atoms with Crippen LogP contribution in [0.25, 0.3) is 0 Å². The maximum Gasteiger partial charge on any atom is 0.203 e. The first-order valence-electron chi connectivity index (χ1n) is 6.20. The van der Waals surface area contributed by atoms with Gasteiger partial charge >= 0.3 is 0 Å². The molecule has 19 heavy (non-hydrogen) atoms. The molecule has 1 unspecified atom stereocenters. The summed E-state index contributed by atoms with van der Waals surface area (Å²) in [5.41, 5.74) is 1.24. The van der Waals surface area contributed by atoms with Gasteiger partial charge in [0.25, 0.3) is 0 Å². The second-order valence-corrected chi connectivity index (χ2v) is 5.42. The van der Waals surface area contributed by atoms with E-state index in [2.05, 4.69) is 49.9 Å². The molecule has 4 nitrogen and oxygen atoms in total. The van der Waals surface area contributed by atoms with Gasteiger partial charge in [0.1, 0.15) is 0 Å². The van der Waals surface area contributed by atoms with E-state index in [1.54, 1.807) is 13.3 Å². The van der Waals surface area contributed by atoms with Crippen molar-refractivity contribution >= 4 is 21.9 Å². The minimum Gasteiger partial charge on any atom is -0.383 e. The molecule has 1 heterocycles. The van der Waals surface area contributed by atoms with Gasteiger partial charge in [-0.3, -0.25) is 0 Å². The third-order valence-electron chi connectivity index (χ3n) is 2.77. The maximum absolute atomic E-state index is 5.12. The predicted molar refractivity (Wildman–Crippen MR) is 80.4 cm³/mol. The Labute approximate surface area is 121 Å². The summed E-state index contributed by atoms with van der Waals surface area (Å²) in [7, 11) is 1.70. The van der Waals surface area contributed by atoms with Crippen molar-refractivity contribution in [2.75, 3.05) is 19.0 Å². The van der Waals surface area contributed by atoms with Crippen LogP contribution in [0.1, 0.15) is 12.5 Å². The number of nitrogens with zero attached hydrogens (tertiary/aromatic N) is 2. The number of ether oxygens (including phenoxy) is 1. The topological polar surface area (TPSA) is 39.1 Å². The van der Waals surface area contributed by atoms with Crippen LogP contribution in [0.15, 0.2) is 41.1 Å². The van der Waals surface area contributed by atoms with Gasteiger partial charge in [-0.15, -0.1) is 0 Å². The number of imidazole rings is 1. The summed E-state index contributed by atoms with van der Waals surface area (Å²) >= 11 is 3.44. The van der Waals surface area contributed by atoms with E-state index in [-0.39, 0.29) is 6.04 Å². The van der Waals surface area contributed by atoms with Crippen molar-refractivity contribution in [2.45, 2.75) is 19.5 Å². The highest BCUT2D eigenvalue weighted by Gasteiger charge is 2.07. The molecule has 0 fully saturated rings. The molecule has 1 aromatic carbocycles. The van der Waals surface area contributed by atoms with Crippen LogP contribution in [0.3, 0.4) is 0 Å². The quantitative estimate of drug-likeness (QED) is 0.887. The average molecular weight is 324 g/mol. The summed E-state index contributed by atoms with van der Waals surface area (Å²) in [6.45, 7) is 3.53. The highest BCUT2D eigenvalue weighted by Crippen LogP contribution is 2.14. The minimum absolute atomic E-state index is 0.232. The second kappa shape index (κ2) is 6.73. The van der Waals surface area contributed by atoms with Crippen molar-refractivity contribution in [2.24, 2.45) is 0 Å². The maximum atomic E-state index is 5.12. The van der Waals surface area contributed by atoms with Crippen LogP contribution in [-0.2, 0) is 11.3 Å². The Morgan fingerprint density at radius 1 is 1.37 bits per heavy atom. The smallest absolute Gasteiger partial charge is 0.203 e. The molecule has 5 heteroatoms. The first-order valence-corrected chi connectivity index (χ1v) is 6.99. The molecule has 0 aliphatic carbocycles. The van der Waals surface area contributed by atoms with Gasteiger partial charge in [-0.05, 0) is 24.6 Å². The number of anilines is 1. The van der Waals surface area contributed by atoms with Gasteiger partial charge in [-0.25, -0.2) is 4.98 Å². The molecule has 1 aromatic heterocycles. The van der Waals surface area contributed by atoms with E-state index >= 15 is 0 Å². The lowest BCUT2D eigenvalue weighted by atomic mass is 10.2. The molecule has 0 radical (unpaired) electrons. The van der Waals surface area contributed by atoms with Crippen molar-refractivity contribution < 1.29 is 4.74 Å². The van der Waals surface area contributed by atoms with Crippen LogP contribution in [0, 0.1) is 0 Å². The molecule has 0 amide bonds. The minimum atomic E-state index is 0.232. The Kier molecular flexibility index (Phi) is 4.99. The van der Waals surface area contributed by atoms with Crippen molar-refractivity contribution in [3.63, 3.8) is 0 Å². The summed E-state index contributed by atoms with van der Waals surface area (Å²) in [6.07, 6.45) is 3.78. The SMILES string of the molecule is COCC(C)Nc1nccn1Cc1ccc(Br)cc1. The van der Waals surface area contributed by atoms with Gasteiger partial charge in [0, 0.05) is 30.0 Å². The van der Waals surface area contributed by atoms with Crippen LogP contribution in [-0.4, -0.2) is 29.3 Å². The number of rotatable bonds is 6. The average Bonchev–Trinajstić information content (AvgIpc) is 2.80. The van der Waals surface area contributed by atoms with Gasteiger partial charge in [-0.1, -0.05) is 28.1 Å². The first kappa shape index (κ1) is 14.1. The van der Waals surface area contributed by atoms with Gasteiger partial charge in [0.2, 0.25) is 5.95 Å². The number of nitrogens with one attached hydrogen (secondary N) is 1. The number of halogens is 1. The van der Waals surface area contributed by atoms with Crippen LogP contribution in [0.5, 0.6) is 0 Å². The van der Waals surface area contributed by atoms with Crippen molar-refractivity contribution in [1.29, 1.82) is 0 Å². The number of hydrogen-bond donors (Lipinski definition) is 1. The Bertz CT molecular complexity index is 510. The lowest BCUT2D eigenvalue weighted by molar-refractivity contribution is 0.190. The van der Waals surface area contributed by atoms with E-state index in [0.717, 1.165) is 17.0 Å². The zero-order valence-corrected chi connectivity index (χ0v) is 12.7. The van der Waals surface area contributed by atoms with Gasteiger partial charge < -0.3 is 14.6 Å². The molecule has 0 aliphatic heterocycles. The second-order valence-electron chi connectivity index (χ2n) is 4.51. The first-order chi connectivity index (χ1) is 9.19. The molecule has 102 valence electrons. The van der Waals surface area contributed by atoms with Crippen molar-refractivity contribution in [3.05, 3.63) is 46.7 Å². The highest BCUT2D eigenvalue weighted by molar-refractivity contribution is 9.10. The summed E-state index contributed by atoms with van der Waals surface area (Å²) in [5, 5.41) is 3.34.